The van der Waals surface area contributed by atoms with E-state index in [-0.39, 0.29) is 24.2 Å². The lowest BCUT2D eigenvalue weighted by Crippen LogP contribution is -2.37. The summed E-state index contributed by atoms with van der Waals surface area (Å²) in [5.74, 6) is 0.670. The van der Waals surface area contributed by atoms with Gasteiger partial charge in [0.15, 0.2) is 0 Å². The summed E-state index contributed by atoms with van der Waals surface area (Å²) in [6.07, 6.45) is 5.57. The van der Waals surface area contributed by atoms with Crippen molar-refractivity contribution in [1.82, 2.24) is 19.7 Å². The molecule has 1 atom stereocenters. The number of aromatic nitrogens is 3. The van der Waals surface area contributed by atoms with E-state index in [9.17, 15) is 9.18 Å². The van der Waals surface area contributed by atoms with E-state index in [4.69, 9.17) is 0 Å². The summed E-state index contributed by atoms with van der Waals surface area (Å²) >= 11 is 0. The van der Waals surface area contributed by atoms with Crippen LogP contribution in [0.25, 0.3) is 0 Å². The molecule has 0 bridgehead atoms. The maximum Gasteiger partial charge on any atom is 0.227 e. The third kappa shape index (κ3) is 3.63. The number of benzene rings is 1. The predicted molar refractivity (Wildman–Crippen MR) is 88.9 cm³/mol. The van der Waals surface area contributed by atoms with Gasteiger partial charge in [-0.25, -0.2) is 4.39 Å². The summed E-state index contributed by atoms with van der Waals surface area (Å²) in [6, 6.07) is 6.71. The van der Waals surface area contributed by atoms with Gasteiger partial charge in [-0.3, -0.25) is 4.79 Å². The zero-order valence-electron chi connectivity index (χ0n) is 14.0. The van der Waals surface area contributed by atoms with E-state index in [1.165, 1.54) is 6.07 Å². The van der Waals surface area contributed by atoms with Crippen LogP contribution in [0.3, 0.4) is 0 Å². The second-order valence-electron chi connectivity index (χ2n) is 6.22. The Hall–Kier alpha value is -2.24. The van der Waals surface area contributed by atoms with Gasteiger partial charge in [-0.05, 0) is 37.8 Å². The summed E-state index contributed by atoms with van der Waals surface area (Å²) in [4.78, 5) is 14.5. The van der Waals surface area contributed by atoms with Crippen molar-refractivity contribution < 1.29 is 9.18 Å². The molecule has 24 heavy (non-hydrogen) atoms. The molecule has 0 N–H and O–H groups in total. The molecule has 1 aromatic carbocycles. The molecule has 2 aromatic rings. The van der Waals surface area contributed by atoms with Gasteiger partial charge in [0.2, 0.25) is 5.91 Å². The molecule has 1 amide bonds. The molecule has 1 fully saturated rings. The van der Waals surface area contributed by atoms with Gasteiger partial charge < -0.3 is 9.47 Å². The summed E-state index contributed by atoms with van der Waals surface area (Å²) in [5.41, 5.74) is 0.471. The second-order valence-corrected chi connectivity index (χ2v) is 6.22. The van der Waals surface area contributed by atoms with Crippen molar-refractivity contribution in [3.63, 3.8) is 0 Å². The molecule has 1 unspecified atom stereocenters. The van der Waals surface area contributed by atoms with E-state index >= 15 is 0 Å². The molecule has 0 aliphatic carbocycles. The SMILES string of the molecule is CCn1cnnc1CCC1CCCN1C(=O)Cc1ccccc1F. The molecule has 1 aliphatic rings. The first-order valence-corrected chi connectivity index (χ1v) is 8.58. The minimum absolute atomic E-state index is 0.0135. The Bertz CT molecular complexity index is 700. The molecule has 5 nitrogen and oxygen atoms in total. The van der Waals surface area contributed by atoms with Crippen LogP contribution in [0.4, 0.5) is 4.39 Å². The molecule has 2 heterocycles. The maximum atomic E-state index is 13.8. The first kappa shape index (κ1) is 16.6. The quantitative estimate of drug-likeness (QED) is 0.818. The van der Waals surface area contributed by atoms with Crippen molar-refractivity contribution in [2.24, 2.45) is 0 Å². The van der Waals surface area contributed by atoms with Crippen LogP contribution in [0, 0.1) is 5.82 Å². The van der Waals surface area contributed by atoms with Gasteiger partial charge in [0.05, 0.1) is 6.42 Å². The van der Waals surface area contributed by atoms with E-state index in [0.717, 1.165) is 44.6 Å². The molecular formula is C18H23FN4O. The Balaban J connectivity index is 1.60. The minimum atomic E-state index is -0.308. The summed E-state index contributed by atoms with van der Waals surface area (Å²) in [6.45, 7) is 3.67. The molecular weight excluding hydrogens is 307 g/mol. The van der Waals surface area contributed by atoms with Gasteiger partial charge >= 0.3 is 0 Å². The number of likely N-dealkylation sites (tertiary alicyclic amines) is 1. The number of nitrogens with zero attached hydrogens (tertiary/aromatic N) is 4. The average Bonchev–Trinajstić information content (AvgIpc) is 3.23. The van der Waals surface area contributed by atoms with Crippen molar-refractivity contribution in [2.75, 3.05) is 6.54 Å². The first-order chi connectivity index (χ1) is 11.7. The normalized spacial score (nSPS) is 17.4. The van der Waals surface area contributed by atoms with Gasteiger partial charge in [0.1, 0.15) is 18.0 Å². The van der Waals surface area contributed by atoms with Crippen molar-refractivity contribution >= 4 is 5.91 Å². The Kier molecular flexibility index (Phi) is 5.23. The minimum Gasteiger partial charge on any atom is -0.339 e. The monoisotopic (exact) mass is 330 g/mol. The number of rotatable bonds is 6. The number of hydrogen-bond acceptors (Lipinski definition) is 3. The van der Waals surface area contributed by atoms with Crippen molar-refractivity contribution in [2.45, 2.75) is 51.6 Å². The molecule has 128 valence electrons. The van der Waals surface area contributed by atoms with Crippen molar-refractivity contribution in [3.8, 4) is 0 Å². The lowest BCUT2D eigenvalue weighted by molar-refractivity contribution is -0.131. The lowest BCUT2D eigenvalue weighted by Gasteiger charge is -2.25. The van der Waals surface area contributed by atoms with Crippen LogP contribution >= 0.6 is 0 Å². The van der Waals surface area contributed by atoms with E-state index in [0.29, 0.717) is 5.56 Å². The van der Waals surface area contributed by atoms with E-state index in [1.807, 2.05) is 9.47 Å². The van der Waals surface area contributed by atoms with E-state index in [1.54, 1.807) is 24.5 Å². The number of carbonyl (C=O) groups excluding carboxylic acids is 1. The van der Waals surface area contributed by atoms with Crippen LogP contribution in [0.2, 0.25) is 0 Å². The topological polar surface area (TPSA) is 51.0 Å². The van der Waals surface area contributed by atoms with E-state index < -0.39 is 0 Å². The van der Waals surface area contributed by atoms with Crippen LogP contribution in [-0.2, 0) is 24.2 Å². The molecule has 6 heteroatoms. The van der Waals surface area contributed by atoms with Gasteiger partial charge in [-0.1, -0.05) is 18.2 Å². The maximum absolute atomic E-state index is 13.8. The fraction of sp³-hybridized carbons (Fsp3) is 0.500. The highest BCUT2D eigenvalue weighted by Crippen LogP contribution is 2.23. The van der Waals surface area contributed by atoms with E-state index in [2.05, 4.69) is 17.1 Å². The molecule has 1 aromatic heterocycles. The second kappa shape index (κ2) is 7.55. The average molecular weight is 330 g/mol. The predicted octanol–water partition coefficient (Wildman–Crippen LogP) is 2.60. The Morgan fingerprint density at radius 2 is 2.21 bits per heavy atom. The Labute approximate surface area is 141 Å². The third-order valence-corrected chi connectivity index (χ3v) is 4.73. The zero-order valence-corrected chi connectivity index (χ0v) is 14.0. The number of carbonyl (C=O) groups is 1. The summed E-state index contributed by atoms with van der Waals surface area (Å²) in [5, 5.41) is 8.11. The number of aryl methyl sites for hydroxylation is 2. The Morgan fingerprint density at radius 1 is 1.38 bits per heavy atom. The van der Waals surface area contributed by atoms with Crippen LogP contribution in [0.5, 0.6) is 0 Å². The lowest BCUT2D eigenvalue weighted by atomic mass is 10.1. The summed E-state index contributed by atoms with van der Waals surface area (Å²) in [7, 11) is 0. The van der Waals surface area contributed by atoms with Crippen molar-refractivity contribution in [1.29, 1.82) is 0 Å². The van der Waals surface area contributed by atoms with Gasteiger partial charge in [0.25, 0.3) is 0 Å². The fourth-order valence-electron chi connectivity index (χ4n) is 3.40. The molecule has 1 saturated heterocycles. The van der Waals surface area contributed by atoms with Gasteiger partial charge in [-0.2, -0.15) is 0 Å². The highest BCUT2D eigenvalue weighted by atomic mass is 19.1. The number of halogens is 1. The molecule has 0 spiro atoms. The van der Waals surface area contributed by atoms with Gasteiger partial charge in [0, 0.05) is 25.6 Å². The standard InChI is InChI=1S/C18H23FN4O/c1-2-22-13-20-21-17(22)10-9-15-7-5-11-23(15)18(24)12-14-6-3-4-8-16(14)19/h3-4,6,8,13,15H,2,5,7,9-12H2,1H3. The van der Waals surface area contributed by atoms with Crippen LogP contribution < -0.4 is 0 Å². The zero-order chi connectivity index (χ0) is 16.9. The van der Waals surface area contributed by atoms with Crippen LogP contribution in [0.15, 0.2) is 30.6 Å². The van der Waals surface area contributed by atoms with Crippen LogP contribution in [-0.4, -0.2) is 38.2 Å². The highest BCUT2D eigenvalue weighted by Gasteiger charge is 2.29. The first-order valence-electron chi connectivity index (χ1n) is 8.58. The largest absolute Gasteiger partial charge is 0.339 e. The molecule has 3 rings (SSSR count). The van der Waals surface area contributed by atoms with Crippen LogP contribution in [0.1, 0.15) is 37.6 Å². The molecule has 0 saturated carbocycles. The molecule has 0 radical (unpaired) electrons. The van der Waals surface area contributed by atoms with Crippen molar-refractivity contribution in [3.05, 3.63) is 47.8 Å². The highest BCUT2D eigenvalue weighted by molar-refractivity contribution is 5.79. The smallest absolute Gasteiger partial charge is 0.227 e. The fourth-order valence-corrected chi connectivity index (χ4v) is 3.40. The summed E-state index contributed by atoms with van der Waals surface area (Å²) < 4.78 is 15.8. The van der Waals surface area contributed by atoms with Gasteiger partial charge in [-0.15, -0.1) is 10.2 Å². The third-order valence-electron chi connectivity index (χ3n) is 4.73. The molecule has 1 aliphatic heterocycles. The number of amides is 1. The number of hydrogen-bond donors (Lipinski definition) is 0. The Morgan fingerprint density at radius 3 is 3.00 bits per heavy atom.